The molecule has 1 amide bonds. The number of carbonyl (C=O) groups is 1. The molecule has 0 atom stereocenters. The Kier molecular flexibility index (Phi) is 5.05. The first kappa shape index (κ1) is 15.2. The van der Waals surface area contributed by atoms with Crippen LogP contribution in [0.5, 0.6) is 17.2 Å². The topological polar surface area (TPSA) is 56.8 Å². The molecular formula is C15H17NO4S. The number of nitrogens with one attached hydrogen (secondary N) is 1. The molecule has 112 valence electrons. The summed E-state index contributed by atoms with van der Waals surface area (Å²) in [7, 11) is 4.62. The van der Waals surface area contributed by atoms with Crippen LogP contribution in [0.4, 0.5) is 5.69 Å². The highest BCUT2D eigenvalue weighted by atomic mass is 32.1. The first-order valence-electron chi connectivity index (χ1n) is 6.30. The zero-order valence-corrected chi connectivity index (χ0v) is 13.0. The summed E-state index contributed by atoms with van der Waals surface area (Å²) < 4.78 is 15.8. The van der Waals surface area contributed by atoms with Crippen molar-refractivity contribution < 1.29 is 19.0 Å². The lowest BCUT2D eigenvalue weighted by atomic mass is 10.2. The Morgan fingerprint density at radius 2 is 1.81 bits per heavy atom. The number of anilines is 1. The minimum atomic E-state index is -0.126. The standard InChI is InChI=1S/C15H17NO4S/c1-18-10-7-12(19-2)15(13(8-10)20-3)16-14(17)9-11-5-4-6-21-11/h4-8H,9H2,1-3H3,(H,16,17). The van der Waals surface area contributed by atoms with Gasteiger partial charge in [-0.3, -0.25) is 4.79 Å². The second-order valence-electron chi connectivity index (χ2n) is 4.21. The van der Waals surface area contributed by atoms with E-state index >= 15 is 0 Å². The van der Waals surface area contributed by atoms with E-state index in [1.54, 1.807) is 30.6 Å². The molecule has 1 N–H and O–H groups in total. The third-order valence-corrected chi connectivity index (χ3v) is 3.77. The van der Waals surface area contributed by atoms with Crippen LogP contribution in [-0.2, 0) is 11.2 Å². The minimum absolute atomic E-state index is 0.126. The number of hydrogen-bond donors (Lipinski definition) is 1. The predicted octanol–water partition coefficient (Wildman–Crippen LogP) is 2.96. The molecule has 6 heteroatoms. The molecule has 0 bridgehead atoms. The molecule has 1 heterocycles. The van der Waals surface area contributed by atoms with Gasteiger partial charge < -0.3 is 19.5 Å². The molecular weight excluding hydrogens is 290 g/mol. The van der Waals surface area contributed by atoms with E-state index in [4.69, 9.17) is 14.2 Å². The fourth-order valence-electron chi connectivity index (χ4n) is 1.88. The summed E-state index contributed by atoms with van der Waals surface area (Å²) >= 11 is 1.54. The van der Waals surface area contributed by atoms with Crippen LogP contribution in [-0.4, -0.2) is 27.2 Å². The highest BCUT2D eigenvalue weighted by molar-refractivity contribution is 7.10. The lowest BCUT2D eigenvalue weighted by Crippen LogP contribution is -2.15. The molecule has 0 fully saturated rings. The van der Waals surface area contributed by atoms with Crippen molar-refractivity contribution in [1.82, 2.24) is 0 Å². The average molecular weight is 307 g/mol. The molecule has 0 unspecified atom stereocenters. The number of thiophene rings is 1. The molecule has 0 saturated heterocycles. The van der Waals surface area contributed by atoms with Crippen LogP contribution in [0.2, 0.25) is 0 Å². The van der Waals surface area contributed by atoms with Crippen molar-refractivity contribution in [3.8, 4) is 17.2 Å². The predicted molar refractivity (Wildman–Crippen MR) is 82.8 cm³/mol. The molecule has 1 aromatic heterocycles. The monoisotopic (exact) mass is 307 g/mol. The summed E-state index contributed by atoms with van der Waals surface area (Å²) in [6, 6.07) is 7.24. The van der Waals surface area contributed by atoms with Crippen molar-refractivity contribution >= 4 is 22.9 Å². The van der Waals surface area contributed by atoms with Gasteiger partial charge in [-0.15, -0.1) is 11.3 Å². The number of rotatable bonds is 6. The number of ether oxygens (including phenoxy) is 3. The molecule has 5 nitrogen and oxygen atoms in total. The number of amides is 1. The summed E-state index contributed by atoms with van der Waals surface area (Å²) in [6.45, 7) is 0. The summed E-state index contributed by atoms with van der Waals surface area (Å²) in [6.07, 6.45) is 0.315. The molecule has 2 rings (SSSR count). The van der Waals surface area contributed by atoms with Crippen molar-refractivity contribution in [2.75, 3.05) is 26.6 Å². The largest absolute Gasteiger partial charge is 0.496 e. The third kappa shape index (κ3) is 3.66. The molecule has 0 aliphatic carbocycles. The van der Waals surface area contributed by atoms with E-state index in [1.807, 2.05) is 17.5 Å². The van der Waals surface area contributed by atoms with Gasteiger partial charge in [-0.25, -0.2) is 0 Å². The first-order chi connectivity index (χ1) is 10.2. The maximum Gasteiger partial charge on any atom is 0.229 e. The average Bonchev–Trinajstić information content (AvgIpc) is 3.00. The van der Waals surface area contributed by atoms with Crippen LogP contribution in [0.15, 0.2) is 29.6 Å². The Hall–Kier alpha value is -2.21. The molecule has 21 heavy (non-hydrogen) atoms. The van der Waals surface area contributed by atoms with E-state index in [9.17, 15) is 4.79 Å². The van der Waals surface area contributed by atoms with Gasteiger partial charge in [0, 0.05) is 17.0 Å². The van der Waals surface area contributed by atoms with Gasteiger partial charge in [-0.1, -0.05) is 6.07 Å². The number of hydrogen-bond acceptors (Lipinski definition) is 5. The van der Waals surface area contributed by atoms with E-state index in [0.29, 0.717) is 29.4 Å². The Morgan fingerprint density at radius 1 is 1.14 bits per heavy atom. The van der Waals surface area contributed by atoms with E-state index in [2.05, 4.69) is 5.32 Å². The SMILES string of the molecule is COc1cc(OC)c(NC(=O)Cc2cccs2)c(OC)c1. The van der Waals surface area contributed by atoms with Gasteiger partial charge in [0.1, 0.15) is 22.9 Å². The maximum atomic E-state index is 12.1. The number of carbonyl (C=O) groups excluding carboxylic acids is 1. The van der Waals surface area contributed by atoms with Gasteiger partial charge in [0.2, 0.25) is 5.91 Å². The van der Waals surface area contributed by atoms with Crippen molar-refractivity contribution in [1.29, 1.82) is 0 Å². The van der Waals surface area contributed by atoms with Crippen LogP contribution in [0, 0.1) is 0 Å². The van der Waals surface area contributed by atoms with Crippen LogP contribution in [0.25, 0.3) is 0 Å². The van der Waals surface area contributed by atoms with Crippen LogP contribution in [0.3, 0.4) is 0 Å². The Bertz CT molecular complexity index is 585. The fraction of sp³-hybridized carbons (Fsp3) is 0.267. The van der Waals surface area contributed by atoms with Gasteiger partial charge in [0.15, 0.2) is 0 Å². The van der Waals surface area contributed by atoms with E-state index in [1.165, 1.54) is 14.2 Å². The quantitative estimate of drug-likeness (QED) is 0.891. The molecule has 0 aliphatic heterocycles. The number of methoxy groups -OCH3 is 3. The molecule has 2 aromatic rings. The molecule has 0 radical (unpaired) electrons. The summed E-state index contributed by atoms with van der Waals surface area (Å²) in [5.74, 6) is 1.45. The van der Waals surface area contributed by atoms with Crippen molar-refractivity contribution in [2.24, 2.45) is 0 Å². The maximum absolute atomic E-state index is 12.1. The van der Waals surface area contributed by atoms with Crippen LogP contribution >= 0.6 is 11.3 Å². The highest BCUT2D eigenvalue weighted by Crippen LogP contribution is 2.38. The number of benzene rings is 1. The summed E-state index contributed by atoms with van der Waals surface area (Å²) in [5, 5.41) is 4.77. The molecule has 0 spiro atoms. The Labute approximate surface area is 127 Å². The lowest BCUT2D eigenvalue weighted by molar-refractivity contribution is -0.115. The normalized spacial score (nSPS) is 10.0. The van der Waals surface area contributed by atoms with Gasteiger partial charge in [0.05, 0.1) is 27.8 Å². The second-order valence-corrected chi connectivity index (χ2v) is 5.24. The van der Waals surface area contributed by atoms with Gasteiger partial charge in [-0.2, -0.15) is 0 Å². The Morgan fingerprint density at radius 3 is 2.29 bits per heavy atom. The molecule has 0 saturated carbocycles. The van der Waals surface area contributed by atoms with E-state index in [0.717, 1.165) is 4.88 Å². The molecule has 1 aromatic carbocycles. The van der Waals surface area contributed by atoms with Gasteiger partial charge in [0.25, 0.3) is 0 Å². The zero-order valence-electron chi connectivity index (χ0n) is 12.1. The highest BCUT2D eigenvalue weighted by Gasteiger charge is 2.16. The van der Waals surface area contributed by atoms with Crippen LogP contribution in [0.1, 0.15) is 4.88 Å². The Balaban J connectivity index is 2.23. The summed E-state index contributed by atoms with van der Waals surface area (Å²) in [4.78, 5) is 13.1. The fourth-order valence-corrected chi connectivity index (χ4v) is 2.59. The zero-order chi connectivity index (χ0) is 15.2. The van der Waals surface area contributed by atoms with Crippen molar-refractivity contribution in [2.45, 2.75) is 6.42 Å². The smallest absolute Gasteiger partial charge is 0.229 e. The molecule has 0 aliphatic rings. The van der Waals surface area contributed by atoms with Crippen LogP contribution < -0.4 is 19.5 Å². The first-order valence-corrected chi connectivity index (χ1v) is 7.18. The third-order valence-electron chi connectivity index (χ3n) is 2.89. The minimum Gasteiger partial charge on any atom is -0.496 e. The van der Waals surface area contributed by atoms with Gasteiger partial charge in [-0.05, 0) is 11.4 Å². The van der Waals surface area contributed by atoms with Gasteiger partial charge >= 0.3 is 0 Å². The summed E-state index contributed by atoms with van der Waals surface area (Å²) in [5.41, 5.74) is 0.502. The van der Waals surface area contributed by atoms with Crippen molar-refractivity contribution in [3.63, 3.8) is 0 Å². The second kappa shape index (κ2) is 6.99. The lowest BCUT2D eigenvalue weighted by Gasteiger charge is -2.15. The van der Waals surface area contributed by atoms with Crippen molar-refractivity contribution in [3.05, 3.63) is 34.5 Å². The van der Waals surface area contributed by atoms with E-state index < -0.39 is 0 Å². The van der Waals surface area contributed by atoms with E-state index in [-0.39, 0.29) is 5.91 Å².